The number of aromatic nitrogens is 2. The number of benzene rings is 1. The molecule has 1 N–H and O–H groups in total. The standard InChI is InChI=1S/C17H24N4/c1-2-9-18-12-14-7-10-21(11-8-14)17-19-13-15-5-3-4-6-16(15)20-17/h3-6,13-14,18H,2,7-12H2,1H3. The smallest absolute Gasteiger partial charge is 0.225 e. The van der Waals surface area contributed by atoms with Crippen molar-refractivity contribution >= 4 is 16.9 Å². The first-order valence-electron chi connectivity index (χ1n) is 8.04. The quantitative estimate of drug-likeness (QED) is 0.857. The Kier molecular flexibility index (Phi) is 4.65. The van der Waals surface area contributed by atoms with Gasteiger partial charge in [0.05, 0.1) is 5.52 Å². The maximum absolute atomic E-state index is 4.70. The molecule has 2 heterocycles. The summed E-state index contributed by atoms with van der Waals surface area (Å²) in [4.78, 5) is 11.6. The largest absolute Gasteiger partial charge is 0.341 e. The van der Waals surface area contributed by atoms with Crippen LogP contribution in [0.15, 0.2) is 30.5 Å². The van der Waals surface area contributed by atoms with Crippen LogP contribution >= 0.6 is 0 Å². The number of hydrogen-bond acceptors (Lipinski definition) is 4. The monoisotopic (exact) mass is 284 g/mol. The van der Waals surface area contributed by atoms with E-state index >= 15 is 0 Å². The molecule has 4 nitrogen and oxygen atoms in total. The third kappa shape index (κ3) is 3.50. The zero-order chi connectivity index (χ0) is 14.5. The number of para-hydroxylation sites is 1. The molecule has 0 spiro atoms. The van der Waals surface area contributed by atoms with E-state index in [0.29, 0.717) is 0 Å². The van der Waals surface area contributed by atoms with Gasteiger partial charge in [-0.1, -0.05) is 25.1 Å². The summed E-state index contributed by atoms with van der Waals surface area (Å²) in [6, 6.07) is 8.18. The molecule has 0 amide bonds. The SMILES string of the molecule is CCCNCC1CCN(c2ncc3ccccc3n2)CC1. The van der Waals surface area contributed by atoms with E-state index in [4.69, 9.17) is 4.98 Å². The summed E-state index contributed by atoms with van der Waals surface area (Å²) in [5.41, 5.74) is 1.04. The normalized spacial score (nSPS) is 16.5. The zero-order valence-corrected chi connectivity index (χ0v) is 12.8. The van der Waals surface area contributed by atoms with Gasteiger partial charge in [-0.05, 0) is 44.3 Å². The molecule has 1 saturated heterocycles. The first-order chi connectivity index (χ1) is 10.4. The molecule has 112 valence electrons. The summed E-state index contributed by atoms with van der Waals surface area (Å²) in [5, 5.41) is 4.64. The van der Waals surface area contributed by atoms with Crippen LogP contribution in [0.3, 0.4) is 0 Å². The molecule has 3 rings (SSSR count). The summed E-state index contributed by atoms with van der Waals surface area (Å²) >= 11 is 0. The maximum Gasteiger partial charge on any atom is 0.225 e. The van der Waals surface area contributed by atoms with E-state index in [1.54, 1.807) is 0 Å². The predicted molar refractivity (Wildman–Crippen MR) is 87.6 cm³/mol. The van der Waals surface area contributed by atoms with E-state index < -0.39 is 0 Å². The second kappa shape index (κ2) is 6.85. The zero-order valence-electron chi connectivity index (χ0n) is 12.8. The molecule has 21 heavy (non-hydrogen) atoms. The molecule has 2 aromatic rings. The second-order valence-corrected chi connectivity index (χ2v) is 5.86. The molecular formula is C17H24N4. The van der Waals surface area contributed by atoms with E-state index in [-0.39, 0.29) is 0 Å². The van der Waals surface area contributed by atoms with Gasteiger partial charge in [0.1, 0.15) is 0 Å². The van der Waals surface area contributed by atoms with Crippen molar-refractivity contribution in [3.8, 4) is 0 Å². The molecule has 0 unspecified atom stereocenters. The number of fused-ring (bicyclic) bond motifs is 1. The number of hydrogen-bond donors (Lipinski definition) is 1. The van der Waals surface area contributed by atoms with E-state index in [2.05, 4.69) is 34.3 Å². The fraction of sp³-hybridized carbons (Fsp3) is 0.529. The molecule has 1 aromatic heterocycles. The fourth-order valence-electron chi connectivity index (χ4n) is 2.93. The van der Waals surface area contributed by atoms with Crippen molar-refractivity contribution in [3.63, 3.8) is 0 Å². The maximum atomic E-state index is 4.70. The van der Waals surface area contributed by atoms with Crippen LogP contribution < -0.4 is 10.2 Å². The van der Waals surface area contributed by atoms with E-state index in [0.717, 1.165) is 48.9 Å². The highest BCUT2D eigenvalue weighted by molar-refractivity contribution is 5.78. The lowest BCUT2D eigenvalue weighted by atomic mass is 9.97. The van der Waals surface area contributed by atoms with Gasteiger partial charge in [-0.15, -0.1) is 0 Å². The van der Waals surface area contributed by atoms with Crippen LogP contribution in [-0.2, 0) is 0 Å². The lowest BCUT2D eigenvalue weighted by Gasteiger charge is -2.32. The number of anilines is 1. The predicted octanol–water partition coefficient (Wildman–Crippen LogP) is 2.85. The van der Waals surface area contributed by atoms with Crippen molar-refractivity contribution in [2.24, 2.45) is 5.92 Å². The Morgan fingerprint density at radius 2 is 2.05 bits per heavy atom. The molecule has 0 saturated carbocycles. The van der Waals surface area contributed by atoms with Gasteiger partial charge >= 0.3 is 0 Å². The van der Waals surface area contributed by atoms with Crippen molar-refractivity contribution in [1.82, 2.24) is 15.3 Å². The van der Waals surface area contributed by atoms with Crippen LogP contribution in [0.4, 0.5) is 5.95 Å². The Morgan fingerprint density at radius 1 is 1.24 bits per heavy atom. The molecule has 1 aliphatic rings. The van der Waals surface area contributed by atoms with Gasteiger partial charge in [0.25, 0.3) is 0 Å². The van der Waals surface area contributed by atoms with Gasteiger partial charge in [-0.25, -0.2) is 9.97 Å². The Hall–Kier alpha value is -1.68. The summed E-state index contributed by atoms with van der Waals surface area (Å²) in [6.45, 7) is 6.63. The average molecular weight is 284 g/mol. The van der Waals surface area contributed by atoms with Crippen molar-refractivity contribution in [1.29, 1.82) is 0 Å². The van der Waals surface area contributed by atoms with E-state index in [9.17, 15) is 0 Å². The van der Waals surface area contributed by atoms with Crippen molar-refractivity contribution in [2.45, 2.75) is 26.2 Å². The Bertz CT molecular complexity index is 576. The van der Waals surface area contributed by atoms with E-state index in [1.165, 1.54) is 19.3 Å². The van der Waals surface area contributed by atoms with Crippen molar-refractivity contribution < 1.29 is 0 Å². The molecule has 0 atom stereocenters. The van der Waals surface area contributed by atoms with Gasteiger partial charge in [0.2, 0.25) is 5.95 Å². The minimum absolute atomic E-state index is 0.799. The van der Waals surface area contributed by atoms with Crippen molar-refractivity contribution in [2.75, 3.05) is 31.1 Å². The van der Waals surface area contributed by atoms with Crippen molar-refractivity contribution in [3.05, 3.63) is 30.5 Å². The minimum atomic E-state index is 0.799. The third-order valence-electron chi connectivity index (χ3n) is 4.23. The van der Waals surface area contributed by atoms with Gasteiger partial charge in [-0.2, -0.15) is 0 Å². The summed E-state index contributed by atoms with van der Waals surface area (Å²) in [6.07, 6.45) is 5.61. The first-order valence-corrected chi connectivity index (χ1v) is 8.04. The van der Waals surface area contributed by atoms with Gasteiger partial charge < -0.3 is 10.2 Å². The topological polar surface area (TPSA) is 41.0 Å². The number of nitrogens with zero attached hydrogens (tertiary/aromatic N) is 3. The van der Waals surface area contributed by atoms with Crippen LogP contribution in [0.1, 0.15) is 26.2 Å². The Morgan fingerprint density at radius 3 is 2.86 bits per heavy atom. The highest BCUT2D eigenvalue weighted by Gasteiger charge is 2.20. The lowest BCUT2D eigenvalue weighted by Crippen LogP contribution is -2.38. The highest BCUT2D eigenvalue weighted by atomic mass is 15.2. The molecule has 0 radical (unpaired) electrons. The molecule has 1 fully saturated rings. The van der Waals surface area contributed by atoms with Gasteiger partial charge in [0.15, 0.2) is 0 Å². The summed E-state index contributed by atoms with van der Waals surface area (Å²) in [7, 11) is 0. The number of nitrogens with one attached hydrogen (secondary N) is 1. The molecule has 0 aliphatic carbocycles. The molecule has 1 aromatic carbocycles. The third-order valence-corrected chi connectivity index (χ3v) is 4.23. The number of piperidine rings is 1. The van der Waals surface area contributed by atoms with Crippen LogP contribution in [0, 0.1) is 5.92 Å². The number of rotatable bonds is 5. The average Bonchev–Trinajstić information content (AvgIpc) is 2.55. The molecule has 1 aliphatic heterocycles. The first kappa shape index (κ1) is 14.3. The van der Waals surface area contributed by atoms with Crippen LogP contribution in [-0.4, -0.2) is 36.1 Å². The highest BCUT2D eigenvalue weighted by Crippen LogP contribution is 2.21. The minimum Gasteiger partial charge on any atom is -0.341 e. The van der Waals surface area contributed by atoms with Crippen LogP contribution in [0.2, 0.25) is 0 Å². The fourth-order valence-corrected chi connectivity index (χ4v) is 2.93. The van der Waals surface area contributed by atoms with Crippen LogP contribution in [0.25, 0.3) is 10.9 Å². The van der Waals surface area contributed by atoms with Gasteiger partial charge in [0, 0.05) is 24.7 Å². The second-order valence-electron chi connectivity index (χ2n) is 5.86. The molecular weight excluding hydrogens is 260 g/mol. The Balaban J connectivity index is 1.60. The Labute approximate surface area is 126 Å². The van der Waals surface area contributed by atoms with Crippen LogP contribution in [0.5, 0.6) is 0 Å². The molecule has 4 heteroatoms. The van der Waals surface area contributed by atoms with Gasteiger partial charge in [-0.3, -0.25) is 0 Å². The summed E-state index contributed by atoms with van der Waals surface area (Å²) in [5.74, 6) is 1.68. The van der Waals surface area contributed by atoms with E-state index in [1.807, 2.05) is 18.3 Å². The lowest BCUT2D eigenvalue weighted by molar-refractivity contribution is 0.381. The summed E-state index contributed by atoms with van der Waals surface area (Å²) < 4.78 is 0. The molecule has 0 bridgehead atoms.